The highest BCUT2D eigenvalue weighted by Crippen LogP contribution is 2.38. The lowest BCUT2D eigenvalue weighted by molar-refractivity contribution is -0.274. The van der Waals surface area contributed by atoms with Gasteiger partial charge < -0.3 is 15.6 Å². The minimum absolute atomic E-state index is 0. The first-order chi connectivity index (χ1) is 10.2. The smallest absolute Gasteiger partial charge is 0.506 e. The highest BCUT2D eigenvalue weighted by Gasteiger charge is 2.31. The Bertz CT molecular complexity index is 681. The molecule has 0 aliphatic heterocycles. The Morgan fingerprint density at radius 2 is 1.70 bits per heavy atom. The number of alkyl halides is 3. The maximum absolute atomic E-state index is 12.1. The molecule has 0 aliphatic carbocycles. The van der Waals surface area contributed by atoms with E-state index in [1.165, 1.54) is 12.1 Å². The van der Waals surface area contributed by atoms with Gasteiger partial charge in [-0.2, -0.15) is 0 Å². The van der Waals surface area contributed by atoms with E-state index >= 15 is 0 Å². The van der Waals surface area contributed by atoms with Gasteiger partial charge in [-0.1, -0.05) is 29.8 Å². The topological polar surface area (TPSA) is 55.5 Å². The fourth-order valence-corrected chi connectivity index (χ4v) is 2.38. The number of rotatable bonds is 3. The SMILES string of the molecule is Cl.N[C@@H](c1ccc(OC(F)(F)F)cc1)c1ccc(Cl)c(Br)c1O. The van der Waals surface area contributed by atoms with Gasteiger partial charge in [0.15, 0.2) is 0 Å². The monoisotopic (exact) mass is 431 g/mol. The molecule has 0 aliphatic rings. The van der Waals surface area contributed by atoms with Crippen LogP contribution in [0.2, 0.25) is 5.02 Å². The lowest BCUT2D eigenvalue weighted by Gasteiger charge is -2.16. The summed E-state index contributed by atoms with van der Waals surface area (Å²) in [5, 5.41) is 10.4. The van der Waals surface area contributed by atoms with Crippen molar-refractivity contribution < 1.29 is 23.0 Å². The molecule has 0 saturated heterocycles. The third kappa shape index (κ3) is 4.91. The lowest BCUT2D eigenvalue weighted by Crippen LogP contribution is -2.17. The highest BCUT2D eigenvalue weighted by molar-refractivity contribution is 9.10. The van der Waals surface area contributed by atoms with Crippen molar-refractivity contribution in [3.05, 3.63) is 57.0 Å². The maximum atomic E-state index is 12.1. The fraction of sp³-hybridized carbons (Fsp3) is 0.143. The molecule has 0 fully saturated rings. The van der Waals surface area contributed by atoms with Crippen LogP contribution in [0.15, 0.2) is 40.9 Å². The number of phenols is 1. The van der Waals surface area contributed by atoms with Crippen molar-refractivity contribution in [2.75, 3.05) is 0 Å². The van der Waals surface area contributed by atoms with Crippen LogP contribution >= 0.6 is 39.9 Å². The molecule has 2 aromatic carbocycles. The average molecular weight is 433 g/mol. The van der Waals surface area contributed by atoms with E-state index in [1.54, 1.807) is 12.1 Å². The van der Waals surface area contributed by atoms with E-state index < -0.39 is 12.4 Å². The Morgan fingerprint density at radius 1 is 1.13 bits per heavy atom. The molecule has 0 radical (unpaired) electrons. The molecule has 0 bridgehead atoms. The number of hydrogen-bond donors (Lipinski definition) is 2. The number of aromatic hydroxyl groups is 1. The van der Waals surface area contributed by atoms with Crippen molar-refractivity contribution >= 4 is 39.9 Å². The zero-order valence-corrected chi connectivity index (χ0v) is 14.4. The second-order valence-electron chi connectivity index (χ2n) is 4.39. The van der Waals surface area contributed by atoms with Crippen LogP contribution in [0.5, 0.6) is 11.5 Å². The normalized spacial score (nSPS) is 12.4. The van der Waals surface area contributed by atoms with Crippen molar-refractivity contribution in [2.24, 2.45) is 5.73 Å². The zero-order valence-electron chi connectivity index (χ0n) is 11.3. The molecule has 3 N–H and O–H groups in total. The van der Waals surface area contributed by atoms with Crippen LogP contribution in [-0.4, -0.2) is 11.5 Å². The Hall–Kier alpha value is -1.15. The third-order valence-electron chi connectivity index (χ3n) is 2.91. The summed E-state index contributed by atoms with van der Waals surface area (Å²) in [6.07, 6.45) is -4.75. The van der Waals surface area contributed by atoms with E-state index in [-0.39, 0.29) is 23.9 Å². The summed E-state index contributed by atoms with van der Waals surface area (Å²) in [6.45, 7) is 0. The standard InChI is InChI=1S/C14H10BrClF3NO2.ClH/c15-11-10(16)6-5-9(13(11)21)12(20)7-1-3-8(4-2-7)22-14(17,18)19;/h1-6,12,21H,20H2;1H/t12-;/m0./s1. The first-order valence-electron chi connectivity index (χ1n) is 5.97. The van der Waals surface area contributed by atoms with E-state index in [2.05, 4.69) is 20.7 Å². The summed E-state index contributed by atoms with van der Waals surface area (Å²) >= 11 is 8.98. The quantitative estimate of drug-likeness (QED) is 0.702. The van der Waals surface area contributed by atoms with Crippen LogP contribution < -0.4 is 10.5 Å². The number of benzene rings is 2. The zero-order chi connectivity index (χ0) is 16.5. The Balaban J connectivity index is 0.00000264. The van der Waals surface area contributed by atoms with E-state index in [1.807, 2.05) is 0 Å². The van der Waals surface area contributed by atoms with Gasteiger partial charge in [0.2, 0.25) is 0 Å². The van der Waals surface area contributed by atoms with E-state index in [0.29, 0.717) is 20.6 Å². The van der Waals surface area contributed by atoms with E-state index in [0.717, 1.165) is 12.1 Å². The second-order valence-corrected chi connectivity index (χ2v) is 5.59. The van der Waals surface area contributed by atoms with Crippen LogP contribution in [0.3, 0.4) is 0 Å². The van der Waals surface area contributed by atoms with Gasteiger partial charge >= 0.3 is 6.36 Å². The summed E-state index contributed by atoms with van der Waals surface area (Å²) in [6, 6.07) is 7.49. The second kappa shape index (κ2) is 7.61. The number of phenolic OH excluding ortho intramolecular Hbond substituents is 1. The summed E-state index contributed by atoms with van der Waals surface area (Å²) in [7, 11) is 0. The summed E-state index contributed by atoms with van der Waals surface area (Å²) in [5.41, 5.74) is 6.93. The largest absolute Gasteiger partial charge is 0.573 e. The van der Waals surface area contributed by atoms with Crippen LogP contribution in [-0.2, 0) is 0 Å². The van der Waals surface area contributed by atoms with Gasteiger partial charge in [0.05, 0.1) is 15.5 Å². The Morgan fingerprint density at radius 3 is 2.22 bits per heavy atom. The molecule has 0 aromatic heterocycles. The summed E-state index contributed by atoms with van der Waals surface area (Å²) in [4.78, 5) is 0. The van der Waals surface area contributed by atoms with Gasteiger partial charge in [0.25, 0.3) is 0 Å². The predicted molar refractivity (Wildman–Crippen MR) is 87.2 cm³/mol. The van der Waals surface area contributed by atoms with Crippen LogP contribution in [0.25, 0.3) is 0 Å². The molecule has 2 aromatic rings. The molecule has 0 heterocycles. The van der Waals surface area contributed by atoms with Crippen molar-refractivity contribution in [3.63, 3.8) is 0 Å². The van der Waals surface area contributed by atoms with Crippen molar-refractivity contribution in [1.82, 2.24) is 0 Å². The minimum Gasteiger partial charge on any atom is -0.506 e. The number of hydrogen-bond acceptors (Lipinski definition) is 3. The van der Waals surface area contributed by atoms with Gasteiger partial charge in [-0.25, -0.2) is 0 Å². The van der Waals surface area contributed by atoms with Gasteiger partial charge in [0, 0.05) is 5.56 Å². The predicted octanol–water partition coefficient (Wildman–Crippen LogP) is 5.18. The van der Waals surface area contributed by atoms with Crippen LogP contribution in [0, 0.1) is 0 Å². The van der Waals surface area contributed by atoms with Crippen molar-refractivity contribution in [2.45, 2.75) is 12.4 Å². The third-order valence-corrected chi connectivity index (χ3v) is 4.25. The van der Waals surface area contributed by atoms with Crippen LogP contribution in [0.1, 0.15) is 17.2 Å². The van der Waals surface area contributed by atoms with Crippen molar-refractivity contribution in [3.8, 4) is 11.5 Å². The first-order valence-corrected chi connectivity index (χ1v) is 7.14. The van der Waals surface area contributed by atoms with Gasteiger partial charge in [-0.3, -0.25) is 0 Å². The minimum atomic E-state index is -4.75. The van der Waals surface area contributed by atoms with Crippen LogP contribution in [0.4, 0.5) is 13.2 Å². The molecule has 2 rings (SSSR count). The number of nitrogens with two attached hydrogens (primary N) is 1. The van der Waals surface area contributed by atoms with E-state index in [9.17, 15) is 18.3 Å². The van der Waals surface area contributed by atoms with Gasteiger partial charge in [-0.05, 0) is 39.7 Å². The number of halogens is 6. The lowest BCUT2D eigenvalue weighted by atomic mass is 9.99. The molecule has 0 unspecified atom stereocenters. The molecule has 3 nitrogen and oxygen atoms in total. The van der Waals surface area contributed by atoms with Gasteiger partial charge in [0.1, 0.15) is 11.5 Å². The summed E-state index contributed by atoms with van der Waals surface area (Å²) in [5.74, 6) is -0.458. The fourth-order valence-electron chi connectivity index (χ4n) is 1.86. The molecular formula is C14H11BrCl2F3NO2. The molecule has 9 heteroatoms. The molecule has 0 amide bonds. The number of ether oxygens (including phenoxy) is 1. The van der Waals surface area contributed by atoms with Crippen molar-refractivity contribution in [1.29, 1.82) is 0 Å². The van der Waals surface area contributed by atoms with E-state index in [4.69, 9.17) is 17.3 Å². The van der Waals surface area contributed by atoms with Gasteiger partial charge in [-0.15, -0.1) is 25.6 Å². The summed E-state index contributed by atoms with van der Waals surface area (Å²) < 4.78 is 40.4. The average Bonchev–Trinajstić information content (AvgIpc) is 2.43. The first kappa shape index (κ1) is 19.9. The Kier molecular flexibility index (Phi) is 6.59. The molecule has 126 valence electrons. The maximum Gasteiger partial charge on any atom is 0.573 e. The molecule has 0 saturated carbocycles. The Labute approximate surface area is 149 Å². The molecular weight excluding hydrogens is 422 g/mol. The molecule has 0 spiro atoms. The highest BCUT2D eigenvalue weighted by atomic mass is 79.9. The molecule has 23 heavy (non-hydrogen) atoms. The molecule has 1 atom stereocenters.